The second kappa shape index (κ2) is 5.82. The molecule has 0 aliphatic heterocycles. The highest BCUT2D eigenvalue weighted by atomic mass is 32.1. The second-order valence-electron chi connectivity index (χ2n) is 3.73. The van der Waals surface area contributed by atoms with Crippen LogP contribution in [-0.2, 0) is 6.61 Å². The van der Waals surface area contributed by atoms with Gasteiger partial charge in [0.25, 0.3) is 0 Å². The minimum Gasteiger partial charge on any atom is -0.488 e. The van der Waals surface area contributed by atoms with Crippen molar-refractivity contribution in [1.82, 2.24) is 0 Å². The van der Waals surface area contributed by atoms with Crippen LogP contribution in [-0.4, -0.2) is 11.7 Å². The summed E-state index contributed by atoms with van der Waals surface area (Å²) >= 11 is 1.67. The fraction of sp³-hybridized carbons (Fsp3) is 0.231. The Balaban J connectivity index is 2.01. The van der Waals surface area contributed by atoms with E-state index >= 15 is 0 Å². The minimum atomic E-state index is -0.347. The molecule has 1 aromatic heterocycles. The molecule has 0 bridgehead atoms. The van der Waals surface area contributed by atoms with Gasteiger partial charge in [0.1, 0.15) is 12.4 Å². The molecule has 0 saturated carbocycles. The zero-order chi connectivity index (χ0) is 12.1. The van der Waals surface area contributed by atoms with Gasteiger partial charge in [0.05, 0.1) is 12.6 Å². The van der Waals surface area contributed by atoms with E-state index in [2.05, 4.69) is 0 Å². The van der Waals surface area contributed by atoms with E-state index in [0.717, 1.165) is 11.3 Å². The van der Waals surface area contributed by atoms with Crippen LogP contribution in [0.25, 0.3) is 0 Å². The summed E-state index contributed by atoms with van der Waals surface area (Å²) < 4.78 is 5.66. The van der Waals surface area contributed by atoms with Gasteiger partial charge >= 0.3 is 0 Å². The summed E-state index contributed by atoms with van der Waals surface area (Å²) in [5.74, 6) is 0.778. The van der Waals surface area contributed by atoms with E-state index in [1.54, 1.807) is 11.3 Å². The Morgan fingerprint density at radius 2 is 2.18 bits per heavy atom. The topological polar surface area (TPSA) is 55.5 Å². The molecule has 0 unspecified atom stereocenters. The summed E-state index contributed by atoms with van der Waals surface area (Å²) in [6, 6.07) is 11.2. The summed E-state index contributed by atoms with van der Waals surface area (Å²) in [6.45, 7) is 0.504. The number of rotatable bonds is 5. The number of ether oxygens (including phenoxy) is 1. The quantitative estimate of drug-likeness (QED) is 0.855. The molecule has 2 aromatic rings. The van der Waals surface area contributed by atoms with Crippen molar-refractivity contribution in [3.05, 3.63) is 52.2 Å². The van der Waals surface area contributed by atoms with Gasteiger partial charge < -0.3 is 15.6 Å². The molecule has 1 aromatic carbocycles. The van der Waals surface area contributed by atoms with Crippen molar-refractivity contribution in [2.24, 2.45) is 5.73 Å². The molecule has 4 heteroatoms. The lowest BCUT2D eigenvalue weighted by Crippen LogP contribution is -2.14. The fourth-order valence-corrected chi connectivity index (χ4v) is 2.11. The van der Waals surface area contributed by atoms with Gasteiger partial charge in [-0.2, -0.15) is 0 Å². The number of aliphatic hydroxyl groups excluding tert-OH is 1. The van der Waals surface area contributed by atoms with Crippen LogP contribution in [0.15, 0.2) is 41.8 Å². The molecule has 0 aliphatic rings. The van der Waals surface area contributed by atoms with Crippen LogP contribution < -0.4 is 10.5 Å². The lowest BCUT2D eigenvalue weighted by molar-refractivity contribution is 0.267. The van der Waals surface area contributed by atoms with Crippen LogP contribution >= 0.6 is 11.3 Å². The third-order valence-corrected chi connectivity index (χ3v) is 3.29. The first-order valence-corrected chi connectivity index (χ1v) is 6.29. The van der Waals surface area contributed by atoms with Crippen LogP contribution in [0, 0.1) is 0 Å². The highest BCUT2D eigenvalue weighted by Gasteiger charge is 2.05. The summed E-state index contributed by atoms with van der Waals surface area (Å²) in [5, 5.41) is 11.0. The summed E-state index contributed by atoms with van der Waals surface area (Å²) in [5.41, 5.74) is 6.64. The van der Waals surface area contributed by atoms with Crippen LogP contribution in [0.2, 0.25) is 0 Å². The fourth-order valence-electron chi connectivity index (χ4n) is 1.49. The van der Waals surface area contributed by atoms with E-state index in [1.165, 1.54) is 4.88 Å². The molecule has 2 rings (SSSR count). The van der Waals surface area contributed by atoms with Crippen molar-refractivity contribution in [2.75, 3.05) is 6.61 Å². The average Bonchev–Trinajstić information content (AvgIpc) is 2.89. The highest BCUT2D eigenvalue weighted by Crippen LogP contribution is 2.19. The monoisotopic (exact) mass is 249 g/mol. The zero-order valence-corrected chi connectivity index (χ0v) is 10.2. The van der Waals surface area contributed by atoms with Crippen molar-refractivity contribution < 1.29 is 9.84 Å². The number of hydrogen-bond donors (Lipinski definition) is 2. The lowest BCUT2D eigenvalue weighted by atomic mass is 10.1. The number of aliphatic hydroxyl groups is 1. The SMILES string of the molecule is N[C@H](CO)c1cccc(OCc2cccs2)c1. The third-order valence-electron chi connectivity index (χ3n) is 2.44. The van der Waals surface area contributed by atoms with Crippen LogP contribution in [0.1, 0.15) is 16.5 Å². The Kier molecular flexibility index (Phi) is 4.14. The summed E-state index contributed by atoms with van der Waals surface area (Å²) in [4.78, 5) is 1.18. The van der Waals surface area contributed by atoms with Crippen molar-refractivity contribution in [3.63, 3.8) is 0 Å². The molecule has 3 N–H and O–H groups in total. The van der Waals surface area contributed by atoms with Gasteiger partial charge in [0.2, 0.25) is 0 Å². The summed E-state index contributed by atoms with van der Waals surface area (Å²) in [6.07, 6.45) is 0. The Labute approximate surface area is 104 Å². The van der Waals surface area contributed by atoms with Gasteiger partial charge in [-0.3, -0.25) is 0 Å². The normalized spacial score (nSPS) is 12.4. The molecular formula is C13H15NO2S. The highest BCUT2D eigenvalue weighted by molar-refractivity contribution is 7.09. The number of nitrogens with two attached hydrogens (primary N) is 1. The molecule has 90 valence electrons. The largest absolute Gasteiger partial charge is 0.488 e. The van der Waals surface area contributed by atoms with E-state index in [1.807, 2.05) is 41.8 Å². The number of thiophene rings is 1. The molecule has 0 fully saturated rings. The standard InChI is InChI=1S/C13H15NO2S/c14-13(8-15)10-3-1-4-11(7-10)16-9-12-5-2-6-17-12/h1-7,13,15H,8-9,14H2/t13-/m1/s1. The van der Waals surface area contributed by atoms with Gasteiger partial charge in [-0.05, 0) is 29.1 Å². The second-order valence-corrected chi connectivity index (χ2v) is 4.76. The Bertz CT molecular complexity index is 456. The van der Waals surface area contributed by atoms with E-state index in [-0.39, 0.29) is 12.6 Å². The van der Waals surface area contributed by atoms with Crippen molar-refractivity contribution in [1.29, 1.82) is 0 Å². The Hall–Kier alpha value is -1.36. The summed E-state index contributed by atoms with van der Waals surface area (Å²) in [7, 11) is 0. The first-order valence-electron chi connectivity index (χ1n) is 5.41. The first-order chi connectivity index (χ1) is 8.29. The average molecular weight is 249 g/mol. The smallest absolute Gasteiger partial charge is 0.122 e. The van der Waals surface area contributed by atoms with Gasteiger partial charge in [0, 0.05) is 4.88 Å². The van der Waals surface area contributed by atoms with Crippen molar-refractivity contribution >= 4 is 11.3 Å². The minimum absolute atomic E-state index is 0.0611. The molecule has 0 aliphatic carbocycles. The van der Waals surface area contributed by atoms with E-state index < -0.39 is 0 Å². The molecule has 0 saturated heterocycles. The molecular weight excluding hydrogens is 234 g/mol. The van der Waals surface area contributed by atoms with E-state index in [9.17, 15) is 0 Å². The van der Waals surface area contributed by atoms with Gasteiger partial charge in [0.15, 0.2) is 0 Å². The molecule has 0 spiro atoms. The molecule has 1 heterocycles. The third kappa shape index (κ3) is 3.30. The lowest BCUT2D eigenvalue weighted by Gasteiger charge is -2.11. The Morgan fingerprint density at radius 1 is 1.29 bits per heavy atom. The van der Waals surface area contributed by atoms with Crippen molar-refractivity contribution in [2.45, 2.75) is 12.6 Å². The molecule has 17 heavy (non-hydrogen) atoms. The van der Waals surface area contributed by atoms with E-state index in [0.29, 0.717) is 6.61 Å². The van der Waals surface area contributed by atoms with Crippen molar-refractivity contribution in [3.8, 4) is 5.75 Å². The van der Waals surface area contributed by atoms with Gasteiger partial charge in [-0.15, -0.1) is 11.3 Å². The maximum absolute atomic E-state index is 9.00. The molecule has 3 nitrogen and oxygen atoms in total. The maximum atomic E-state index is 9.00. The first kappa shape index (κ1) is 12.1. The number of benzene rings is 1. The predicted molar refractivity (Wildman–Crippen MR) is 69.1 cm³/mol. The van der Waals surface area contributed by atoms with Gasteiger partial charge in [-0.1, -0.05) is 18.2 Å². The van der Waals surface area contributed by atoms with E-state index in [4.69, 9.17) is 15.6 Å². The zero-order valence-electron chi connectivity index (χ0n) is 9.37. The van der Waals surface area contributed by atoms with Crippen LogP contribution in [0.4, 0.5) is 0 Å². The van der Waals surface area contributed by atoms with Crippen LogP contribution in [0.3, 0.4) is 0 Å². The number of hydrogen-bond acceptors (Lipinski definition) is 4. The maximum Gasteiger partial charge on any atom is 0.122 e. The van der Waals surface area contributed by atoms with Crippen LogP contribution in [0.5, 0.6) is 5.75 Å². The molecule has 0 amide bonds. The molecule has 0 radical (unpaired) electrons. The predicted octanol–water partition coefficient (Wildman–Crippen LogP) is 2.32. The van der Waals surface area contributed by atoms with Gasteiger partial charge in [-0.25, -0.2) is 0 Å². The molecule has 1 atom stereocenters. The Morgan fingerprint density at radius 3 is 2.88 bits per heavy atom.